The normalized spacial score (nSPS) is 13.7. The van der Waals surface area contributed by atoms with Crippen LogP contribution in [0, 0.1) is 0 Å². The van der Waals surface area contributed by atoms with Crippen molar-refractivity contribution in [3.63, 3.8) is 0 Å². The number of amides is 1. The van der Waals surface area contributed by atoms with Crippen LogP contribution in [0.1, 0.15) is 303 Å². The van der Waals surface area contributed by atoms with Crippen LogP contribution < -0.4 is 5.32 Å². The quantitative estimate of drug-likeness (QED) is 0.0420. The summed E-state index contributed by atoms with van der Waals surface area (Å²) in [6.45, 7) is 4.19. The Morgan fingerprint density at radius 3 is 0.886 bits per heavy atom. The second-order valence-corrected chi connectivity index (χ2v) is 22.1. The summed E-state index contributed by atoms with van der Waals surface area (Å²) in [7, 11) is 0. The van der Waals surface area contributed by atoms with Crippen LogP contribution in [0.15, 0.2) is 146 Å². The molecule has 0 spiro atoms. The molecular formula is C75H127NO3. The van der Waals surface area contributed by atoms with E-state index in [4.69, 9.17) is 0 Å². The molecule has 0 aliphatic carbocycles. The average Bonchev–Trinajstić information content (AvgIpc) is 3.45. The fourth-order valence-electron chi connectivity index (χ4n) is 9.50. The lowest BCUT2D eigenvalue weighted by Gasteiger charge is -2.19. The number of aliphatic hydroxyl groups is 2. The van der Waals surface area contributed by atoms with Crippen LogP contribution in [0.4, 0.5) is 0 Å². The monoisotopic (exact) mass is 1090 g/mol. The van der Waals surface area contributed by atoms with E-state index in [1.54, 1.807) is 6.08 Å². The molecule has 0 aromatic carbocycles. The van der Waals surface area contributed by atoms with Gasteiger partial charge in [0.15, 0.2) is 0 Å². The topological polar surface area (TPSA) is 69.6 Å². The molecule has 1 amide bonds. The molecule has 0 bridgehead atoms. The number of unbranched alkanes of at least 4 members (excludes halogenated alkanes) is 31. The van der Waals surface area contributed by atoms with Gasteiger partial charge in [0.1, 0.15) is 0 Å². The lowest BCUT2D eigenvalue weighted by atomic mass is 10.0. The number of rotatable bonds is 60. The summed E-state index contributed by atoms with van der Waals surface area (Å²) in [5.41, 5.74) is 0. The zero-order valence-electron chi connectivity index (χ0n) is 51.8. The molecule has 79 heavy (non-hydrogen) atoms. The highest BCUT2D eigenvalue weighted by molar-refractivity contribution is 5.76. The van der Waals surface area contributed by atoms with Crippen molar-refractivity contribution >= 4 is 5.91 Å². The third-order valence-electron chi connectivity index (χ3n) is 14.5. The number of aliphatic hydroxyl groups excluding tert-OH is 2. The van der Waals surface area contributed by atoms with Gasteiger partial charge in [0.25, 0.3) is 0 Å². The maximum atomic E-state index is 12.5. The summed E-state index contributed by atoms with van der Waals surface area (Å²) in [6.07, 6.45) is 108. The molecule has 4 heteroatoms. The van der Waals surface area contributed by atoms with Gasteiger partial charge in [-0.3, -0.25) is 4.79 Å². The Labute approximate surface area is 491 Å². The predicted octanol–water partition coefficient (Wildman–Crippen LogP) is 23.1. The summed E-state index contributed by atoms with van der Waals surface area (Å²) in [4.78, 5) is 12.5. The van der Waals surface area contributed by atoms with Gasteiger partial charge in [-0.15, -0.1) is 0 Å². The molecule has 0 fully saturated rings. The second-order valence-electron chi connectivity index (χ2n) is 22.1. The number of nitrogens with one attached hydrogen (secondary N) is 1. The van der Waals surface area contributed by atoms with Crippen LogP contribution in [0.25, 0.3) is 0 Å². The van der Waals surface area contributed by atoms with Crippen molar-refractivity contribution < 1.29 is 15.0 Å². The number of hydrogen-bond acceptors (Lipinski definition) is 3. The molecule has 4 nitrogen and oxygen atoms in total. The third-order valence-corrected chi connectivity index (χ3v) is 14.5. The van der Waals surface area contributed by atoms with Gasteiger partial charge in [-0.2, -0.15) is 0 Å². The van der Waals surface area contributed by atoms with Crippen LogP contribution in [-0.4, -0.2) is 34.9 Å². The van der Waals surface area contributed by atoms with E-state index < -0.39 is 12.1 Å². The van der Waals surface area contributed by atoms with Gasteiger partial charge in [0, 0.05) is 6.42 Å². The zero-order valence-corrected chi connectivity index (χ0v) is 51.8. The molecule has 0 heterocycles. The Morgan fingerprint density at radius 2 is 0.570 bits per heavy atom. The van der Waals surface area contributed by atoms with Gasteiger partial charge in [-0.25, -0.2) is 0 Å². The molecule has 0 saturated heterocycles. The van der Waals surface area contributed by atoms with Crippen LogP contribution in [0.3, 0.4) is 0 Å². The van der Waals surface area contributed by atoms with Crippen molar-refractivity contribution in [3.05, 3.63) is 146 Å². The van der Waals surface area contributed by atoms with E-state index >= 15 is 0 Å². The first-order valence-electron chi connectivity index (χ1n) is 33.5. The minimum absolute atomic E-state index is 0.0931. The number of carbonyl (C=O) groups excluding carboxylic acids is 1. The molecule has 2 unspecified atom stereocenters. The van der Waals surface area contributed by atoms with E-state index in [0.717, 1.165) is 109 Å². The number of hydrogen-bond donors (Lipinski definition) is 3. The Hall–Kier alpha value is -3.73. The second kappa shape index (κ2) is 68.5. The lowest BCUT2D eigenvalue weighted by molar-refractivity contribution is -0.123. The first-order valence-corrected chi connectivity index (χ1v) is 33.5. The number of allylic oxidation sites excluding steroid dienone is 23. The molecule has 0 aliphatic rings. The Morgan fingerprint density at radius 1 is 0.316 bits per heavy atom. The molecule has 0 aromatic heterocycles. The fourth-order valence-corrected chi connectivity index (χ4v) is 9.50. The lowest BCUT2D eigenvalue weighted by Crippen LogP contribution is -2.45. The Balaban J connectivity index is 3.63. The largest absolute Gasteiger partial charge is 0.394 e. The molecule has 0 saturated carbocycles. The zero-order chi connectivity index (χ0) is 56.9. The summed E-state index contributed by atoms with van der Waals surface area (Å²) >= 11 is 0. The highest BCUT2D eigenvalue weighted by atomic mass is 16.3. The van der Waals surface area contributed by atoms with Crippen molar-refractivity contribution in [2.75, 3.05) is 6.61 Å². The molecule has 450 valence electrons. The standard InChI is InChI=1S/C75H127NO3/c1-3-5-7-9-11-13-15-17-19-21-23-25-27-29-31-33-35-37-38-39-41-43-45-47-49-51-53-55-57-59-61-63-65-67-69-71-75(79)76-73(72-77)74(78)70-68-66-64-62-60-58-56-54-52-50-48-46-44-42-40-36-34-32-30-28-26-24-22-20-18-16-14-12-10-8-6-4-2/h5,7,11,13,17,19,23,25,29,31,35,37,39,41,45,47,51-54,60,62,68,70,73-74,77-78H,3-4,6,8-10,12,14-16,18,20-22,24,26-28,30,32-34,36,38,40,42-44,46,48-50,55-59,61,63-67,69,71-72H2,1-2H3,(H,76,79)/b7-5-,13-11-,19-17-,25-23-,31-29-,37-35-,41-39-,47-45-,53-51-,54-52+,62-60+,70-68+. The van der Waals surface area contributed by atoms with Crippen LogP contribution >= 0.6 is 0 Å². The fraction of sp³-hybridized carbons (Fsp3) is 0.667. The molecule has 2 atom stereocenters. The van der Waals surface area contributed by atoms with Crippen LogP contribution in [0.2, 0.25) is 0 Å². The molecule has 0 aromatic rings. The van der Waals surface area contributed by atoms with Gasteiger partial charge in [0.2, 0.25) is 5.91 Å². The maximum absolute atomic E-state index is 12.5. The highest BCUT2D eigenvalue weighted by Gasteiger charge is 2.18. The number of carbonyl (C=O) groups is 1. The first-order chi connectivity index (χ1) is 39.2. The van der Waals surface area contributed by atoms with Crippen LogP contribution in [-0.2, 0) is 4.79 Å². The predicted molar refractivity (Wildman–Crippen MR) is 354 cm³/mol. The minimum atomic E-state index is -0.888. The van der Waals surface area contributed by atoms with Gasteiger partial charge in [0.05, 0.1) is 18.8 Å². The Bertz CT molecular complexity index is 1620. The molecule has 0 rings (SSSR count). The van der Waals surface area contributed by atoms with Crippen LogP contribution in [0.5, 0.6) is 0 Å². The SMILES string of the molecule is CC/C=C\C/C=C\C/C=C\C/C=C\C/C=C\C/C=C\C/C=C\C/C=C\C/C=C\CCCCCCCCCC(=O)NC(CO)C(O)/C=C/CC/C=C/CC/C=C/CCCCCCCCCCCCCCCCCCCCCCCC. The third kappa shape index (κ3) is 65.0. The van der Waals surface area contributed by atoms with E-state index in [0.29, 0.717) is 6.42 Å². The van der Waals surface area contributed by atoms with Gasteiger partial charge >= 0.3 is 0 Å². The van der Waals surface area contributed by atoms with Crippen molar-refractivity contribution in [2.24, 2.45) is 0 Å². The van der Waals surface area contributed by atoms with Gasteiger partial charge in [-0.1, -0.05) is 327 Å². The van der Waals surface area contributed by atoms with E-state index in [2.05, 4.69) is 153 Å². The molecular weight excluding hydrogens is 963 g/mol. The Kier molecular flexibility index (Phi) is 65.3. The maximum Gasteiger partial charge on any atom is 0.220 e. The molecule has 0 aliphatic heterocycles. The van der Waals surface area contributed by atoms with Crippen molar-refractivity contribution in [1.29, 1.82) is 0 Å². The van der Waals surface area contributed by atoms with E-state index in [-0.39, 0.29) is 12.5 Å². The van der Waals surface area contributed by atoms with Crippen molar-refractivity contribution in [2.45, 2.75) is 315 Å². The van der Waals surface area contributed by atoms with E-state index in [9.17, 15) is 15.0 Å². The van der Waals surface area contributed by atoms with Crippen molar-refractivity contribution in [3.8, 4) is 0 Å². The summed E-state index contributed by atoms with van der Waals surface area (Å²) < 4.78 is 0. The molecule has 0 radical (unpaired) electrons. The summed E-state index contributed by atoms with van der Waals surface area (Å²) in [5.74, 6) is -0.0931. The summed E-state index contributed by atoms with van der Waals surface area (Å²) in [5, 5.41) is 23.2. The molecule has 3 N–H and O–H groups in total. The van der Waals surface area contributed by atoms with Gasteiger partial charge in [-0.05, 0) is 116 Å². The van der Waals surface area contributed by atoms with Gasteiger partial charge < -0.3 is 15.5 Å². The van der Waals surface area contributed by atoms with E-state index in [1.807, 2.05) is 6.08 Å². The average molecular weight is 1090 g/mol. The highest BCUT2D eigenvalue weighted by Crippen LogP contribution is 2.16. The summed E-state index contributed by atoms with van der Waals surface area (Å²) in [6, 6.07) is -0.665. The van der Waals surface area contributed by atoms with E-state index in [1.165, 1.54) is 173 Å². The first kappa shape index (κ1) is 75.3. The minimum Gasteiger partial charge on any atom is -0.394 e. The van der Waals surface area contributed by atoms with Crippen molar-refractivity contribution in [1.82, 2.24) is 5.32 Å². The smallest absolute Gasteiger partial charge is 0.220 e.